The molecule has 2 atom stereocenters. The highest BCUT2D eigenvalue weighted by Crippen LogP contribution is 2.50. The van der Waals surface area contributed by atoms with Crippen molar-refractivity contribution in [1.29, 1.82) is 0 Å². The normalized spacial score (nSPS) is 28.3. The van der Waals surface area contributed by atoms with Crippen molar-refractivity contribution in [3.63, 3.8) is 0 Å². The van der Waals surface area contributed by atoms with E-state index in [0.29, 0.717) is 13.1 Å². The van der Waals surface area contributed by atoms with Crippen molar-refractivity contribution in [2.75, 3.05) is 20.1 Å². The van der Waals surface area contributed by atoms with Crippen LogP contribution in [0.3, 0.4) is 0 Å². The summed E-state index contributed by atoms with van der Waals surface area (Å²) in [6, 6.07) is 9.27. The van der Waals surface area contributed by atoms with Gasteiger partial charge < -0.3 is 5.32 Å². The van der Waals surface area contributed by atoms with E-state index in [1.807, 2.05) is 30.3 Å². The van der Waals surface area contributed by atoms with Crippen molar-refractivity contribution in [2.24, 2.45) is 11.3 Å². The first-order chi connectivity index (χ1) is 11.0. The Morgan fingerprint density at radius 1 is 1.30 bits per heavy atom. The molecule has 2 fully saturated rings. The first-order valence-electron chi connectivity index (χ1n) is 8.20. The second kappa shape index (κ2) is 6.24. The number of rotatable bonds is 4. The number of benzene rings is 1. The molecular weight excluding hydrogens is 312 g/mol. The number of sulfonamides is 1. The Labute approximate surface area is 138 Å². The van der Waals surface area contributed by atoms with E-state index < -0.39 is 10.0 Å². The second-order valence-electron chi connectivity index (χ2n) is 6.75. The highest BCUT2D eigenvalue weighted by molar-refractivity contribution is 7.88. The summed E-state index contributed by atoms with van der Waals surface area (Å²) in [5.41, 5.74) is 0.645. The largest absolute Gasteiger partial charge is 0.359 e. The van der Waals surface area contributed by atoms with Crippen LogP contribution < -0.4 is 5.32 Å². The van der Waals surface area contributed by atoms with Crippen LogP contribution in [0.5, 0.6) is 0 Å². The number of carbonyl (C=O) groups is 1. The zero-order valence-electron chi connectivity index (χ0n) is 13.5. The van der Waals surface area contributed by atoms with Crippen molar-refractivity contribution in [1.82, 2.24) is 9.62 Å². The molecule has 1 aromatic rings. The summed E-state index contributed by atoms with van der Waals surface area (Å²) in [5.74, 6) is 0.0448. The van der Waals surface area contributed by atoms with Gasteiger partial charge in [-0.3, -0.25) is 4.79 Å². The van der Waals surface area contributed by atoms with Gasteiger partial charge in [-0.1, -0.05) is 36.8 Å². The molecule has 3 rings (SSSR count). The summed E-state index contributed by atoms with van der Waals surface area (Å²) in [6.45, 7) is 1.02. The molecule has 1 amide bonds. The van der Waals surface area contributed by atoms with Gasteiger partial charge in [-0.2, -0.15) is 0 Å². The SMILES string of the molecule is CNC(=O)[C@H]1CCC[C@@]12CCN(S(=O)(=O)Cc1ccccc1)C2. The standard InChI is InChI=1S/C17H24N2O3S/c1-18-16(20)15-8-5-9-17(15)10-11-19(13-17)23(21,22)12-14-6-3-2-4-7-14/h2-4,6-7,15H,5,8-13H2,1H3,(H,18,20)/t15-,17+/m1/s1. The van der Waals surface area contributed by atoms with Crippen LogP contribution in [-0.2, 0) is 20.6 Å². The fourth-order valence-electron chi connectivity index (χ4n) is 4.18. The molecule has 0 radical (unpaired) electrons. The number of nitrogens with one attached hydrogen (secondary N) is 1. The third-order valence-electron chi connectivity index (χ3n) is 5.41. The Hall–Kier alpha value is -1.40. The number of hydrogen-bond acceptors (Lipinski definition) is 3. The molecule has 0 aromatic heterocycles. The maximum absolute atomic E-state index is 12.7. The zero-order chi connectivity index (χ0) is 16.5. The van der Waals surface area contributed by atoms with Crippen molar-refractivity contribution >= 4 is 15.9 Å². The third-order valence-corrected chi connectivity index (χ3v) is 7.20. The lowest BCUT2D eigenvalue weighted by Gasteiger charge is -2.30. The summed E-state index contributed by atoms with van der Waals surface area (Å²) in [5, 5.41) is 2.74. The van der Waals surface area contributed by atoms with Gasteiger partial charge in [0.1, 0.15) is 0 Å². The highest BCUT2D eigenvalue weighted by Gasteiger charge is 2.52. The number of nitrogens with zero attached hydrogens (tertiary/aromatic N) is 1. The lowest BCUT2D eigenvalue weighted by atomic mass is 9.76. The van der Waals surface area contributed by atoms with Gasteiger partial charge in [0, 0.05) is 26.1 Å². The second-order valence-corrected chi connectivity index (χ2v) is 8.72. The van der Waals surface area contributed by atoms with Crippen molar-refractivity contribution in [2.45, 2.75) is 31.4 Å². The van der Waals surface area contributed by atoms with Crippen LogP contribution in [0.15, 0.2) is 30.3 Å². The lowest BCUT2D eigenvalue weighted by molar-refractivity contribution is -0.127. The number of carbonyl (C=O) groups excluding carboxylic acids is 1. The minimum atomic E-state index is -3.33. The smallest absolute Gasteiger partial charge is 0.223 e. The van der Waals surface area contributed by atoms with E-state index in [4.69, 9.17) is 0 Å². The van der Waals surface area contributed by atoms with Crippen molar-refractivity contribution in [3.8, 4) is 0 Å². The molecule has 1 saturated carbocycles. The summed E-state index contributed by atoms with van der Waals surface area (Å²) < 4.78 is 27.0. The minimum Gasteiger partial charge on any atom is -0.359 e. The maximum atomic E-state index is 12.7. The molecule has 1 aromatic carbocycles. The monoisotopic (exact) mass is 336 g/mol. The summed E-state index contributed by atoms with van der Waals surface area (Å²) in [6.07, 6.45) is 3.61. The van der Waals surface area contributed by atoms with Crippen LogP contribution in [0.1, 0.15) is 31.2 Å². The average Bonchev–Trinajstić information content (AvgIpc) is 3.15. The van der Waals surface area contributed by atoms with Crippen LogP contribution in [0.2, 0.25) is 0 Å². The molecule has 2 aliphatic rings. The lowest BCUT2D eigenvalue weighted by Crippen LogP contribution is -2.40. The van der Waals surface area contributed by atoms with Gasteiger partial charge in [-0.15, -0.1) is 0 Å². The van der Waals surface area contributed by atoms with Crippen molar-refractivity contribution < 1.29 is 13.2 Å². The molecule has 5 nitrogen and oxygen atoms in total. The van der Waals surface area contributed by atoms with Gasteiger partial charge >= 0.3 is 0 Å². The van der Waals surface area contributed by atoms with E-state index in [1.54, 1.807) is 11.4 Å². The van der Waals surface area contributed by atoms with Gasteiger partial charge in [0.25, 0.3) is 0 Å². The molecule has 0 bridgehead atoms. The predicted molar refractivity (Wildman–Crippen MR) is 89.1 cm³/mol. The van der Waals surface area contributed by atoms with E-state index in [0.717, 1.165) is 31.2 Å². The maximum Gasteiger partial charge on any atom is 0.223 e. The van der Waals surface area contributed by atoms with Crippen LogP contribution in [0.25, 0.3) is 0 Å². The number of amides is 1. The third kappa shape index (κ3) is 3.15. The Kier molecular flexibility index (Phi) is 4.47. The van der Waals surface area contributed by atoms with Gasteiger partial charge in [-0.05, 0) is 30.2 Å². The Bertz CT molecular complexity index is 674. The summed E-state index contributed by atoms with van der Waals surface area (Å²) in [4.78, 5) is 12.1. The highest BCUT2D eigenvalue weighted by atomic mass is 32.2. The predicted octanol–water partition coefficient (Wildman–Crippen LogP) is 1.75. The van der Waals surface area contributed by atoms with Crippen molar-refractivity contribution in [3.05, 3.63) is 35.9 Å². The summed E-state index contributed by atoms with van der Waals surface area (Å²) >= 11 is 0. The molecule has 1 spiro atoms. The number of hydrogen-bond donors (Lipinski definition) is 1. The fourth-order valence-corrected chi connectivity index (χ4v) is 5.80. The molecule has 1 saturated heterocycles. The van der Waals surface area contributed by atoms with E-state index in [9.17, 15) is 13.2 Å². The van der Waals surface area contributed by atoms with Gasteiger partial charge in [0.15, 0.2) is 0 Å². The first-order valence-corrected chi connectivity index (χ1v) is 9.81. The van der Waals surface area contributed by atoms with E-state index in [-0.39, 0.29) is 23.0 Å². The zero-order valence-corrected chi connectivity index (χ0v) is 14.3. The van der Waals surface area contributed by atoms with Crippen LogP contribution >= 0.6 is 0 Å². The van der Waals surface area contributed by atoms with Crippen LogP contribution in [0.4, 0.5) is 0 Å². The van der Waals surface area contributed by atoms with Gasteiger partial charge in [-0.25, -0.2) is 12.7 Å². The topological polar surface area (TPSA) is 66.5 Å². The van der Waals surface area contributed by atoms with Gasteiger partial charge in [0.2, 0.25) is 15.9 Å². The first kappa shape index (κ1) is 16.5. The molecule has 1 heterocycles. The molecule has 1 N–H and O–H groups in total. The summed E-state index contributed by atoms with van der Waals surface area (Å²) in [7, 11) is -1.67. The Morgan fingerprint density at radius 3 is 2.74 bits per heavy atom. The Morgan fingerprint density at radius 2 is 2.04 bits per heavy atom. The molecule has 1 aliphatic carbocycles. The molecule has 1 aliphatic heterocycles. The molecule has 6 heteroatoms. The average molecular weight is 336 g/mol. The molecule has 23 heavy (non-hydrogen) atoms. The van der Waals surface area contributed by atoms with E-state index in [2.05, 4.69) is 5.32 Å². The molecular formula is C17H24N2O3S. The minimum absolute atomic E-state index is 0.0363. The Balaban J connectivity index is 1.75. The quantitative estimate of drug-likeness (QED) is 0.911. The van der Waals surface area contributed by atoms with Crippen LogP contribution in [0, 0.1) is 11.3 Å². The van der Waals surface area contributed by atoms with E-state index >= 15 is 0 Å². The fraction of sp³-hybridized carbons (Fsp3) is 0.588. The molecule has 0 unspecified atom stereocenters. The van der Waals surface area contributed by atoms with Gasteiger partial charge in [0.05, 0.1) is 5.75 Å². The molecule has 126 valence electrons. The van der Waals surface area contributed by atoms with E-state index in [1.165, 1.54) is 0 Å². The van der Waals surface area contributed by atoms with Crippen LogP contribution in [-0.4, -0.2) is 38.8 Å².